The van der Waals surface area contributed by atoms with E-state index in [1.807, 2.05) is 6.26 Å². The lowest BCUT2D eigenvalue weighted by Gasteiger charge is -2.23. The van der Waals surface area contributed by atoms with Crippen LogP contribution in [-0.2, 0) is 0 Å². The number of hydrogen-bond acceptors (Lipinski definition) is 5. The van der Waals surface area contributed by atoms with Crippen LogP contribution in [0, 0.1) is 0 Å². The highest BCUT2D eigenvalue weighted by molar-refractivity contribution is 7.98. The van der Waals surface area contributed by atoms with Gasteiger partial charge in [0.2, 0.25) is 0 Å². The molecule has 0 aliphatic heterocycles. The van der Waals surface area contributed by atoms with Gasteiger partial charge in [0, 0.05) is 25.7 Å². The fourth-order valence-electron chi connectivity index (χ4n) is 1.89. The molecule has 108 valence electrons. The molecule has 0 unspecified atom stereocenters. The standard InChI is InChI=1S/C14H26N4S/c1-5-8-15-12-11-13(17-14(16-12)19-4)18(9-6-2)10-7-3/h11H,5-10H2,1-4H3,(H,15,16,17). The van der Waals surface area contributed by atoms with Crippen LogP contribution in [0.4, 0.5) is 11.6 Å². The van der Waals surface area contributed by atoms with E-state index in [-0.39, 0.29) is 0 Å². The molecule has 0 saturated carbocycles. The van der Waals surface area contributed by atoms with Gasteiger partial charge in [0.05, 0.1) is 0 Å². The van der Waals surface area contributed by atoms with Crippen LogP contribution in [0.2, 0.25) is 0 Å². The summed E-state index contributed by atoms with van der Waals surface area (Å²) < 4.78 is 0. The summed E-state index contributed by atoms with van der Waals surface area (Å²) in [6.45, 7) is 9.61. The Kier molecular flexibility index (Phi) is 7.63. The van der Waals surface area contributed by atoms with Crippen molar-refractivity contribution in [3.63, 3.8) is 0 Å². The second-order valence-electron chi connectivity index (χ2n) is 4.51. The Labute approximate surface area is 121 Å². The molecule has 0 radical (unpaired) electrons. The Morgan fingerprint density at radius 3 is 2.32 bits per heavy atom. The molecule has 4 nitrogen and oxygen atoms in total. The van der Waals surface area contributed by atoms with Gasteiger partial charge >= 0.3 is 0 Å². The molecule has 0 aromatic carbocycles. The van der Waals surface area contributed by atoms with Crippen molar-refractivity contribution >= 4 is 23.4 Å². The van der Waals surface area contributed by atoms with Crippen molar-refractivity contribution in [1.82, 2.24) is 9.97 Å². The Balaban J connectivity index is 2.95. The molecule has 0 fully saturated rings. The normalized spacial score (nSPS) is 10.5. The fraction of sp³-hybridized carbons (Fsp3) is 0.714. The number of nitrogens with one attached hydrogen (secondary N) is 1. The van der Waals surface area contributed by atoms with Crippen molar-refractivity contribution < 1.29 is 0 Å². The van der Waals surface area contributed by atoms with Gasteiger partial charge in [-0.3, -0.25) is 0 Å². The first-order chi connectivity index (χ1) is 9.24. The SMILES string of the molecule is CCCNc1cc(N(CCC)CCC)nc(SC)n1. The van der Waals surface area contributed by atoms with Crippen LogP contribution in [0.3, 0.4) is 0 Å². The Hall–Kier alpha value is -0.970. The van der Waals surface area contributed by atoms with E-state index in [1.165, 1.54) is 0 Å². The first-order valence-corrected chi connectivity index (χ1v) is 8.39. The highest BCUT2D eigenvalue weighted by Gasteiger charge is 2.10. The third-order valence-corrected chi connectivity index (χ3v) is 3.29. The molecular weight excluding hydrogens is 256 g/mol. The Morgan fingerprint density at radius 2 is 1.79 bits per heavy atom. The molecule has 0 saturated heterocycles. The van der Waals surface area contributed by atoms with Crippen molar-refractivity contribution in [3.8, 4) is 0 Å². The van der Waals surface area contributed by atoms with Gasteiger partial charge in [-0.05, 0) is 25.5 Å². The van der Waals surface area contributed by atoms with E-state index in [2.05, 4.69) is 47.0 Å². The molecule has 0 spiro atoms. The number of anilines is 2. The minimum atomic E-state index is 0.841. The summed E-state index contributed by atoms with van der Waals surface area (Å²) >= 11 is 1.60. The van der Waals surface area contributed by atoms with Gasteiger partial charge < -0.3 is 10.2 Å². The predicted molar refractivity (Wildman–Crippen MR) is 85.4 cm³/mol. The van der Waals surface area contributed by atoms with Crippen molar-refractivity contribution in [2.24, 2.45) is 0 Å². The van der Waals surface area contributed by atoms with E-state index in [9.17, 15) is 0 Å². The minimum Gasteiger partial charge on any atom is -0.370 e. The summed E-state index contributed by atoms with van der Waals surface area (Å²) in [6, 6.07) is 2.07. The average molecular weight is 282 g/mol. The maximum Gasteiger partial charge on any atom is 0.191 e. The maximum atomic E-state index is 4.64. The van der Waals surface area contributed by atoms with Crippen LogP contribution in [0.25, 0.3) is 0 Å². The molecule has 1 heterocycles. The second-order valence-corrected chi connectivity index (χ2v) is 5.29. The Bertz CT molecular complexity index is 364. The smallest absolute Gasteiger partial charge is 0.191 e. The first kappa shape index (κ1) is 16.1. The molecule has 5 heteroatoms. The lowest BCUT2D eigenvalue weighted by Crippen LogP contribution is -2.26. The highest BCUT2D eigenvalue weighted by Crippen LogP contribution is 2.21. The number of aromatic nitrogens is 2. The molecule has 19 heavy (non-hydrogen) atoms. The van der Waals surface area contributed by atoms with Gasteiger partial charge in [-0.2, -0.15) is 0 Å². The molecular formula is C14H26N4S. The molecule has 1 rings (SSSR count). The van der Waals surface area contributed by atoms with E-state index in [1.54, 1.807) is 11.8 Å². The topological polar surface area (TPSA) is 41.0 Å². The van der Waals surface area contributed by atoms with Crippen molar-refractivity contribution in [2.45, 2.75) is 45.2 Å². The predicted octanol–water partition coefficient (Wildman–Crippen LogP) is 3.65. The van der Waals surface area contributed by atoms with Crippen LogP contribution < -0.4 is 10.2 Å². The molecule has 0 bridgehead atoms. The zero-order valence-corrected chi connectivity index (χ0v) is 13.4. The number of thioether (sulfide) groups is 1. The molecule has 0 amide bonds. The summed E-state index contributed by atoms with van der Waals surface area (Å²) in [6.07, 6.45) is 5.39. The maximum absolute atomic E-state index is 4.64. The van der Waals surface area contributed by atoms with Crippen LogP contribution >= 0.6 is 11.8 Å². The Morgan fingerprint density at radius 1 is 1.11 bits per heavy atom. The molecule has 0 aliphatic carbocycles. The summed E-state index contributed by atoms with van der Waals surface area (Å²) in [5.74, 6) is 1.98. The van der Waals surface area contributed by atoms with Crippen molar-refractivity contribution in [3.05, 3.63) is 6.07 Å². The van der Waals surface area contributed by atoms with E-state index in [0.717, 1.165) is 55.7 Å². The van der Waals surface area contributed by atoms with Gasteiger partial charge in [0.25, 0.3) is 0 Å². The lowest BCUT2D eigenvalue weighted by atomic mass is 10.3. The summed E-state index contributed by atoms with van der Waals surface area (Å²) in [5.41, 5.74) is 0. The number of rotatable bonds is 9. The number of nitrogens with zero attached hydrogens (tertiary/aromatic N) is 3. The summed E-state index contributed by atoms with van der Waals surface area (Å²) in [7, 11) is 0. The zero-order valence-electron chi connectivity index (χ0n) is 12.6. The highest BCUT2D eigenvalue weighted by atomic mass is 32.2. The van der Waals surface area contributed by atoms with Crippen LogP contribution in [-0.4, -0.2) is 35.9 Å². The summed E-state index contributed by atoms with van der Waals surface area (Å²) in [4.78, 5) is 11.5. The average Bonchev–Trinajstić information content (AvgIpc) is 2.44. The number of hydrogen-bond donors (Lipinski definition) is 1. The van der Waals surface area contributed by atoms with Crippen LogP contribution in [0.15, 0.2) is 11.2 Å². The lowest BCUT2D eigenvalue weighted by molar-refractivity contribution is 0.725. The molecule has 0 atom stereocenters. The van der Waals surface area contributed by atoms with Gasteiger partial charge in [0.1, 0.15) is 11.6 Å². The largest absolute Gasteiger partial charge is 0.370 e. The van der Waals surface area contributed by atoms with Crippen LogP contribution in [0.1, 0.15) is 40.0 Å². The summed E-state index contributed by atoms with van der Waals surface area (Å²) in [5, 5.41) is 4.20. The van der Waals surface area contributed by atoms with Crippen molar-refractivity contribution in [1.29, 1.82) is 0 Å². The van der Waals surface area contributed by atoms with E-state index < -0.39 is 0 Å². The van der Waals surface area contributed by atoms with Crippen molar-refractivity contribution in [2.75, 3.05) is 36.1 Å². The zero-order chi connectivity index (χ0) is 14.1. The van der Waals surface area contributed by atoms with E-state index >= 15 is 0 Å². The van der Waals surface area contributed by atoms with Gasteiger partial charge in [0.15, 0.2) is 5.16 Å². The third-order valence-electron chi connectivity index (χ3n) is 2.74. The fourth-order valence-corrected chi connectivity index (χ4v) is 2.26. The molecule has 0 aliphatic rings. The molecule has 1 aromatic rings. The van der Waals surface area contributed by atoms with Gasteiger partial charge in [-0.25, -0.2) is 9.97 Å². The second kappa shape index (κ2) is 9.02. The monoisotopic (exact) mass is 282 g/mol. The van der Waals surface area contributed by atoms with Gasteiger partial charge in [-0.15, -0.1) is 0 Å². The first-order valence-electron chi connectivity index (χ1n) is 7.17. The minimum absolute atomic E-state index is 0.841. The van der Waals surface area contributed by atoms with E-state index in [4.69, 9.17) is 0 Å². The van der Waals surface area contributed by atoms with Crippen LogP contribution in [0.5, 0.6) is 0 Å². The van der Waals surface area contributed by atoms with Gasteiger partial charge in [-0.1, -0.05) is 32.5 Å². The molecule has 1 aromatic heterocycles. The third kappa shape index (κ3) is 5.27. The molecule has 1 N–H and O–H groups in total. The van der Waals surface area contributed by atoms with E-state index in [0.29, 0.717) is 0 Å². The quantitative estimate of drug-likeness (QED) is 0.553.